The minimum atomic E-state index is -4.91. The summed E-state index contributed by atoms with van der Waals surface area (Å²) in [5.41, 5.74) is 0.260. The van der Waals surface area contributed by atoms with Gasteiger partial charge in [-0.1, -0.05) is 35.4 Å². The van der Waals surface area contributed by atoms with Crippen LogP contribution in [0.25, 0.3) is 12.2 Å². The summed E-state index contributed by atoms with van der Waals surface area (Å²) in [6.45, 7) is 0. The lowest BCUT2D eigenvalue weighted by atomic mass is 10.1. The Morgan fingerprint density at radius 1 is 1.04 bits per heavy atom. The van der Waals surface area contributed by atoms with Crippen molar-refractivity contribution < 1.29 is 17.2 Å². The normalized spacial score (nSPS) is 11.8. The third-order valence-electron chi connectivity index (χ3n) is 2.87. The van der Waals surface area contributed by atoms with Crippen molar-refractivity contribution in [2.45, 2.75) is 4.90 Å². The number of nitro benzene ring substituents is 1. The van der Waals surface area contributed by atoms with Gasteiger partial charge < -0.3 is 0 Å². The van der Waals surface area contributed by atoms with Crippen LogP contribution in [0.3, 0.4) is 0 Å². The van der Waals surface area contributed by atoms with E-state index in [1.54, 1.807) is 0 Å². The molecule has 0 heterocycles. The SMILES string of the molecule is O=[N+]([O-])c1ccc(/C=C\c2cc(Cl)ccc2S(=O)(=O)F)c(Cl)c1. The maximum Gasteiger partial charge on any atom is 0.332 e. The van der Waals surface area contributed by atoms with Crippen LogP contribution >= 0.6 is 23.2 Å². The molecule has 2 rings (SSSR count). The molecule has 0 unspecified atom stereocenters. The Balaban J connectivity index is 2.45. The van der Waals surface area contributed by atoms with E-state index >= 15 is 0 Å². The zero-order valence-electron chi connectivity index (χ0n) is 11.2. The van der Waals surface area contributed by atoms with E-state index in [-0.39, 0.29) is 21.3 Å². The third-order valence-corrected chi connectivity index (χ3v) is 4.33. The molecule has 2 aromatic rings. The second-order valence-corrected chi connectivity index (χ2v) is 6.58. The summed E-state index contributed by atoms with van der Waals surface area (Å²) in [6.07, 6.45) is 2.72. The number of halogens is 3. The van der Waals surface area contributed by atoms with E-state index in [1.807, 2.05) is 0 Å². The van der Waals surface area contributed by atoms with Crippen LogP contribution in [0.5, 0.6) is 0 Å². The van der Waals surface area contributed by atoms with Gasteiger partial charge in [-0.2, -0.15) is 8.42 Å². The highest BCUT2D eigenvalue weighted by Crippen LogP contribution is 2.27. The third kappa shape index (κ3) is 4.28. The lowest BCUT2D eigenvalue weighted by molar-refractivity contribution is -0.384. The number of nitrogens with zero attached hydrogens (tertiary/aromatic N) is 1. The summed E-state index contributed by atoms with van der Waals surface area (Å²) in [7, 11) is -4.91. The smallest absolute Gasteiger partial charge is 0.258 e. The Bertz CT molecular complexity index is 913. The van der Waals surface area contributed by atoms with Crippen molar-refractivity contribution in [1.29, 1.82) is 0 Å². The van der Waals surface area contributed by atoms with Crippen molar-refractivity contribution in [1.82, 2.24) is 0 Å². The molecule has 5 nitrogen and oxygen atoms in total. The second kappa shape index (κ2) is 6.66. The molecule has 0 aromatic heterocycles. The maximum absolute atomic E-state index is 13.3. The van der Waals surface area contributed by atoms with Gasteiger partial charge in [0.1, 0.15) is 4.90 Å². The lowest BCUT2D eigenvalue weighted by Gasteiger charge is -2.03. The average Bonchev–Trinajstić information content (AvgIpc) is 2.44. The van der Waals surface area contributed by atoms with Crippen LogP contribution in [0.15, 0.2) is 41.3 Å². The van der Waals surface area contributed by atoms with Crippen molar-refractivity contribution in [3.8, 4) is 0 Å². The summed E-state index contributed by atoms with van der Waals surface area (Å²) in [5.74, 6) is 0. The molecule has 0 radical (unpaired) electrons. The first-order valence-corrected chi connectivity index (χ1v) is 8.18. The number of nitro groups is 1. The van der Waals surface area contributed by atoms with E-state index in [9.17, 15) is 22.4 Å². The average molecular weight is 376 g/mol. The number of hydrogen-bond acceptors (Lipinski definition) is 4. The molecular weight excluding hydrogens is 368 g/mol. The van der Waals surface area contributed by atoms with Crippen LogP contribution < -0.4 is 0 Å². The topological polar surface area (TPSA) is 77.3 Å². The molecule has 9 heteroatoms. The van der Waals surface area contributed by atoms with Gasteiger partial charge in [-0.05, 0) is 35.4 Å². The van der Waals surface area contributed by atoms with Crippen LogP contribution in [0.2, 0.25) is 10.0 Å². The fraction of sp³-hybridized carbons (Fsp3) is 0. The molecule has 0 spiro atoms. The first-order valence-electron chi connectivity index (χ1n) is 6.05. The molecule has 23 heavy (non-hydrogen) atoms. The number of non-ortho nitro benzene ring substituents is 1. The van der Waals surface area contributed by atoms with Crippen LogP contribution in [0.4, 0.5) is 9.57 Å². The molecule has 0 aliphatic rings. The minimum absolute atomic E-state index is 0.0365. The molecule has 0 N–H and O–H groups in total. The van der Waals surface area contributed by atoms with Crippen LogP contribution in [0, 0.1) is 10.1 Å². The van der Waals surface area contributed by atoms with Gasteiger partial charge in [-0.25, -0.2) is 0 Å². The van der Waals surface area contributed by atoms with Crippen molar-refractivity contribution in [2.75, 3.05) is 0 Å². The highest BCUT2D eigenvalue weighted by Gasteiger charge is 2.16. The molecule has 120 valence electrons. The Labute approximate surface area is 141 Å². The van der Waals surface area contributed by atoms with Crippen LogP contribution in [-0.2, 0) is 10.2 Å². The summed E-state index contributed by atoms with van der Waals surface area (Å²) in [5, 5.41) is 11.0. The van der Waals surface area contributed by atoms with Gasteiger partial charge in [0.2, 0.25) is 0 Å². The van der Waals surface area contributed by atoms with E-state index in [1.165, 1.54) is 36.4 Å². The summed E-state index contributed by atoms with van der Waals surface area (Å²) in [6, 6.07) is 7.39. The van der Waals surface area contributed by atoms with Crippen LogP contribution in [0.1, 0.15) is 11.1 Å². The number of rotatable bonds is 4. The fourth-order valence-electron chi connectivity index (χ4n) is 1.82. The van der Waals surface area contributed by atoms with Gasteiger partial charge in [0.15, 0.2) is 0 Å². The van der Waals surface area contributed by atoms with Crippen molar-refractivity contribution in [3.63, 3.8) is 0 Å². The number of hydrogen-bond donors (Lipinski definition) is 0. The van der Waals surface area contributed by atoms with Crippen LogP contribution in [-0.4, -0.2) is 13.3 Å². The van der Waals surface area contributed by atoms with Gasteiger partial charge in [-0.3, -0.25) is 10.1 Å². The predicted molar refractivity (Wildman–Crippen MR) is 86.8 cm³/mol. The maximum atomic E-state index is 13.3. The van der Waals surface area contributed by atoms with Crippen molar-refractivity contribution >= 4 is 51.3 Å². The molecular formula is C14H8Cl2FNO4S. The summed E-state index contributed by atoms with van der Waals surface area (Å²) >= 11 is 11.7. The first-order chi connectivity index (χ1) is 10.7. The Morgan fingerprint density at radius 3 is 2.26 bits per heavy atom. The Morgan fingerprint density at radius 2 is 1.70 bits per heavy atom. The molecule has 0 bridgehead atoms. The Hall–Kier alpha value is -1.96. The molecule has 0 saturated heterocycles. The van der Waals surface area contributed by atoms with Crippen molar-refractivity contribution in [2.24, 2.45) is 0 Å². The highest BCUT2D eigenvalue weighted by atomic mass is 35.5. The van der Waals surface area contributed by atoms with E-state index in [0.29, 0.717) is 5.56 Å². The van der Waals surface area contributed by atoms with E-state index in [0.717, 1.165) is 12.1 Å². The molecule has 2 aromatic carbocycles. The van der Waals surface area contributed by atoms with Gasteiger partial charge in [0.05, 0.1) is 9.95 Å². The molecule has 0 amide bonds. The molecule has 0 fully saturated rings. The molecule has 0 aliphatic heterocycles. The molecule has 0 atom stereocenters. The summed E-state index contributed by atoms with van der Waals surface area (Å²) < 4.78 is 35.5. The number of benzene rings is 2. The summed E-state index contributed by atoms with van der Waals surface area (Å²) in [4.78, 5) is 9.52. The first kappa shape index (κ1) is 17.4. The second-order valence-electron chi connectivity index (χ2n) is 4.42. The van der Waals surface area contributed by atoms with Gasteiger partial charge in [0.25, 0.3) is 5.69 Å². The minimum Gasteiger partial charge on any atom is -0.258 e. The molecule has 0 saturated carbocycles. The Kier molecular flexibility index (Phi) is 5.03. The lowest BCUT2D eigenvalue weighted by Crippen LogP contribution is -1.95. The molecule has 0 aliphatic carbocycles. The zero-order chi connectivity index (χ0) is 17.2. The van der Waals surface area contributed by atoms with E-state index in [2.05, 4.69) is 0 Å². The quantitative estimate of drug-likeness (QED) is 0.335. The monoisotopic (exact) mass is 375 g/mol. The van der Waals surface area contributed by atoms with E-state index in [4.69, 9.17) is 23.2 Å². The van der Waals surface area contributed by atoms with Gasteiger partial charge in [0, 0.05) is 17.2 Å². The largest absolute Gasteiger partial charge is 0.332 e. The predicted octanol–water partition coefficient (Wildman–Crippen LogP) is 4.73. The van der Waals surface area contributed by atoms with E-state index < -0.39 is 20.0 Å². The zero-order valence-corrected chi connectivity index (χ0v) is 13.6. The van der Waals surface area contributed by atoms with Gasteiger partial charge in [-0.15, -0.1) is 3.89 Å². The fourth-order valence-corrected chi connectivity index (χ4v) is 2.87. The van der Waals surface area contributed by atoms with Crippen molar-refractivity contribution in [3.05, 3.63) is 67.7 Å². The standard InChI is InChI=1S/C14H8Cl2FNO4S/c15-11-4-6-14(23(17,21)22)10(7-11)2-1-9-3-5-12(18(19)20)8-13(9)16/h1-8H/b2-1-. The highest BCUT2D eigenvalue weighted by molar-refractivity contribution is 7.86. The van der Waals surface area contributed by atoms with Gasteiger partial charge >= 0.3 is 10.2 Å².